The van der Waals surface area contributed by atoms with Crippen LogP contribution >= 0.6 is 11.6 Å². The SMILES string of the molecule is C[C@H](NC(=O)CCCC(=O)N(c1ccc(C(F)(F)F)cc1)c1nccc(-c2cccc(Cl)c2)n1)C(=O)O. The molecule has 3 aromatic rings. The molecular weight excluding hydrogens is 513 g/mol. The number of carboxylic acid groups (broad SMARTS) is 1. The summed E-state index contributed by atoms with van der Waals surface area (Å²) in [5.41, 5.74) is 0.283. The summed E-state index contributed by atoms with van der Waals surface area (Å²) < 4.78 is 39.2. The van der Waals surface area contributed by atoms with Crippen molar-refractivity contribution in [3.05, 3.63) is 71.4 Å². The summed E-state index contributed by atoms with van der Waals surface area (Å²) in [5.74, 6) is -2.40. The number of anilines is 2. The number of halogens is 4. The molecule has 12 heteroatoms. The van der Waals surface area contributed by atoms with Gasteiger partial charge in [0.25, 0.3) is 0 Å². The molecule has 0 saturated carbocycles. The Morgan fingerprint density at radius 2 is 1.78 bits per heavy atom. The van der Waals surface area contributed by atoms with Crippen LogP contribution in [0, 0.1) is 0 Å². The molecule has 3 rings (SSSR count). The van der Waals surface area contributed by atoms with Crippen molar-refractivity contribution in [2.45, 2.75) is 38.4 Å². The first-order valence-electron chi connectivity index (χ1n) is 11.1. The van der Waals surface area contributed by atoms with Crippen molar-refractivity contribution >= 4 is 41.0 Å². The Morgan fingerprint density at radius 3 is 2.41 bits per heavy atom. The fourth-order valence-electron chi connectivity index (χ4n) is 3.32. The highest BCUT2D eigenvalue weighted by atomic mass is 35.5. The minimum absolute atomic E-state index is 0.0577. The lowest BCUT2D eigenvalue weighted by molar-refractivity contribution is -0.141. The number of benzene rings is 2. The number of rotatable bonds is 9. The lowest BCUT2D eigenvalue weighted by atomic mass is 10.1. The molecule has 1 heterocycles. The normalized spacial score (nSPS) is 12.0. The number of carbonyl (C=O) groups excluding carboxylic acids is 2. The van der Waals surface area contributed by atoms with Crippen LogP contribution in [-0.2, 0) is 20.6 Å². The Balaban J connectivity index is 1.87. The molecular formula is C25H22ClF3N4O4. The van der Waals surface area contributed by atoms with Crippen molar-refractivity contribution < 1.29 is 32.7 Å². The van der Waals surface area contributed by atoms with Gasteiger partial charge in [0.05, 0.1) is 16.9 Å². The van der Waals surface area contributed by atoms with Crippen molar-refractivity contribution in [1.29, 1.82) is 0 Å². The summed E-state index contributed by atoms with van der Waals surface area (Å²) in [6, 6.07) is 11.3. The van der Waals surface area contributed by atoms with Gasteiger partial charge in [0, 0.05) is 29.6 Å². The van der Waals surface area contributed by atoms with Crippen LogP contribution in [0.3, 0.4) is 0 Å². The standard InChI is InChI=1S/C25H22ClF3N4O4/c1-15(23(36)37)31-21(34)6-3-7-22(35)33(19-10-8-17(9-11-19)25(27,28)29)24-30-13-12-20(32-24)16-4-2-5-18(26)14-16/h2,4-5,8-15H,3,6-7H2,1H3,(H,31,34)(H,36,37)/t15-/m0/s1. The van der Waals surface area contributed by atoms with E-state index in [9.17, 15) is 27.6 Å². The Labute approximate surface area is 215 Å². The third-order valence-electron chi connectivity index (χ3n) is 5.21. The van der Waals surface area contributed by atoms with E-state index in [0.717, 1.165) is 29.2 Å². The molecule has 0 spiro atoms. The number of nitrogens with zero attached hydrogens (tertiary/aromatic N) is 3. The molecule has 8 nitrogen and oxygen atoms in total. The predicted octanol–water partition coefficient (Wildman–Crippen LogP) is 5.24. The number of nitrogens with one attached hydrogen (secondary N) is 1. The van der Waals surface area contributed by atoms with Crippen LogP contribution in [0.25, 0.3) is 11.3 Å². The first-order chi connectivity index (χ1) is 17.5. The van der Waals surface area contributed by atoms with Crippen LogP contribution in [-0.4, -0.2) is 38.9 Å². The number of aromatic nitrogens is 2. The first kappa shape index (κ1) is 27.6. The highest BCUT2D eigenvalue weighted by Crippen LogP contribution is 2.32. The maximum atomic E-state index is 13.2. The Kier molecular flexibility index (Phi) is 8.82. The molecule has 37 heavy (non-hydrogen) atoms. The van der Waals surface area contributed by atoms with E-state index in [1.807, 2.05) is 0 Å². The van der Waals surface area contributed by atoms with Gasteiger partial charge in [-0.3, -0.25) is 14.4 Å². The molecule has 0 fully saturated rings. The number of alkyl halides is 3. The highest BCUT2D eigenvalue weighted by Gasteiger charge is 2.31. The summed E-state index contributed by atoms with van der Waals surface area (Å²) in [6.45, 7) is 1.31. The number of carbonyl (C=O) groups is 3. The zero-order chi connectivity index (χ0) is 27.2. The average molecular weight is 535 g/mol. The molecule has 2 N–H and O–H groups in total. The van der Waals surface area contributed by atoms with Crippen LogP contribution in [0.15, 0.2) is 60.8 Å². The van der Waals surface area contributed by atoms with Gasteiger partial charge < -0.3 is 10.4 Å². The largest absolute Gasteiger partial charge is 0.480 e. The van der Waals surface area contributed by atoms with E-state index in [2.05, 4.69) is 15.3 Å². The van der Waals surface area contributed by atoms with E-state index < -0.39 is 35.6 Å². The maximum Gasteiger partial charge on any atom is 0.416 e. The number of aliphatic carboxylic acids is 1. The molecule has 194 valence electrons. The summed E-state index contributed by atoms with van der Waals surface area (Å²) >= 11 is 6.06. The highest BCUT2D eigenvalue weighted by molar-refractivity contribution is 6.30. The summed E-state index contributed by atoms with van der Waals surface area (Å²) in [5, 5.41) is 11.6. The van der Waals surface area contributed by atoms with Gasteiger partial charge in [0.15, 0.2) is 0 Å². The summed E-state index contributed by atoms with van der Waals surface area (Å²) in [6.07, 6.45) is -3.41. The van der Waals surface area contributed by atoms with Gasteiger partial charge in [-0.05, 0) is 55.8 Å². The molecule has 0 aliphatic carbocycles. The summed E-state index contributed by atoms with van der Waals surface area (Å²) in [7, 11) is 0. The molecule has 0 aliphatic rings. The molecule has 2 aromatic carbocycles. The number of carboxylic acids is 1. The van der Waals surface area contributed by atoms with E-state index in [1.54, 1.807) is 30.3 Å². The predicted molar refractivity (Wildman–Crippen MR) is 130 cm³/mol. The zero-order valence-electron chi connectivity index (χ0n) is 19.5. The van der Waals surface area contributed by atoms with Crippen LogP contribution in [0.5, 0.6) is 0 Å². The van der Waals surface area contributed by atoms with Crippen molar-refractivity contribution in [3.8, 4) is 11.3 Å². The van der Waals surface area contributed by atoms with Crippen LogP contribution in [0.4, 0.5) is 24.8 Å². The second kappa shape index (κ2) is 11.8. The minimum Gasteiger partial charge on any atom is -0.480 e. The van der Waals surface area contributed by atoms with E-state index in [-0.39, 0.29) is 30.9 Å². The van der Waals surface area contributed by atoms with Gasteiger partial charge in [0.2, 0.25) is 17.8 Å². The van der Waals surface area contributed by atoms with Crippen LogP contribution < -0.4 is 10.2 Å². The molecule has 2 amide bonds. The second-order valence-corrected chi connectivity index (χ2v) is 8.44. The van der Waals surface area contributed by atoms with E-state index in [0.29, 0.717) is 16.3 Å². The van der Waals surface area contributed by atoms with E-state index >= 15 is 0 Å². The average Bonchev–Trinajstić information content (AvgIpc) is 2.84. The molecule has 1 atom stereocenters. The minimum atomic E-state index is -4.56. The van der Waals surface area contributed by atoms with Gasteiger partial charge in [-0.15, -0.1) is 0 Å². The Hall–Kier alpha value is -3.99. The summed E-state index contributed by atoms with van der Waals surface area (Å²) in [4.78, 5) is 45.7. The fraction of sp³-hybridized carbons (Fsp3) is 0.240. The lowest BCUT2D eigenvalue weighted by Crippen LogP contribution is -2.38. The monoisotopic (exact) mass is 534 g/mol. The van der Waals surface area contributed by atoms with Crippen molar-refractivity contribution in [2.75, 3.05) is 4.90 Å². The molecule has 0 bridgehead atoms. The zero-order valence-corrected chi connectivity index (χ0v) is 20.3. The topological polar surface area (TPSA) is 112 Å². The Morgan fingerprint density at radius 1 is 1.08 bits per heavy atom. The van der Waals surface area contributed by atoms with Gasteiger partial charge in [-0.2, -0.15) is 13.2 Å². The smallest absolute Gasteiger partial charge is 0.416 e. The molecule has 0 aliphatic heterocycles. The lowest BCUT2D eigenvalue weighted by Gasteiger charge is -2.22. The van der Waals surface area contributed by atoms with Crippen molar-refractivity contribution in [3.63, 3.8) is 0 Å². The third kappa shape index (κ3) is 7.50. The number of hydrogen-bond donors (Lipinski definition) is 2. The maximum absolute atomic E-state index is 13.2. The fourth-order valence-corrected chi connectivity index (χ4v) is 3.51. The van der Waals surface area contributed by atoms with Gasteiger partial charge in [-0.25, -0.2) is 14.9 Å². The number of amides is 2. The molecule has 0 unspecified atom stereocenters. The van der Waals surface area contributed by atoms with Crippen LogP contribution in [0.2, 0.25) is 5.02 Å². The van der Waals surface area contributed by atoms with Crippen molar-refractivity contribution in [2.24, 2.45) is 0 Å². The third-order valence-corrected chi connectivity index (χ3v) is 5.44. The van der Waals surface area contributed by atoms with Crippen molar-refractivity contribution in [1.82, 2.24) is 15.3 Å². The second-order valence-electron chi connectivity index (χ2n) is 8.01. The van der Waals surface area contributed by atoms with Gasteiger partial charge in [0.1, 0.15) is 6.04 Å². The van der Waals surface area contributed by atoms with Crippen LogP contribution in [0.1, 0.15) is 31.7 Å². The number of hydrogen-bond acceptors (Lipinski definition) is 5. The molecule has 0 saturated heterocycles. The molecule has 0 radical (unpaired) electrons. The first-order valence-corrected chi connectivity index (χ1v) is 11.4. The quantitative estimate of drug-likeness (QED) is 0.388. The van der Waals surface area contributed by atoms with Gasteiger partial charge >= 0.3 is 12.1 Å². The van der Waals surface area contributed by atoms with Gasteiger partial charge in [-0.1, -0.05) is 23.7 Å². The molecule has 1 aromatic heterocycles. The van der Waals surface area contributed by atoms with E-state index in [1.165, 1.54) is 13.1 Å². The Bertz CT molecular complexity index is 1290. The van der Waals surface area contributed by atoms with E-state index in [4.69, 9.17) is 16.7 Å².